The third-order valence-corrected chi connectivity index (χ3v) is 2.59. The number of nitrogens with one attached hydrogen (secondary N) is 2. The van der Waals surface area contributed by atoms with Crippen LogP contribution in [0.2, 0.25) is 0 Å². The number of rotatable bonds is 6. The Hall–Kier alpha value is -1.49. The molecule has 0 fully saturated rings. The zero-order chi connectivity index (χ0) is 12.8. The van der Waals surface area contributed by atoms with Crippen LogP contribution in [-0.4, -0.2) is 36.9 Å². The molecule has 0 aromatic carbocycles. The van der Waals surface area contributed by atoms with E-state index in [4.69, 9.17) is 4.74 Å². The number of aryl methyl sites for hydroxylation is 2. The molecule has 0 aliphatic rings. The van der Waals surface area contributed by atoms with Crippen molar-refractivity contribution >= 4 is 5.91 Å². The van der Waals surface area contributed by atoms with Crippen LogP contribution in [0, 0.1) is 13.8 Å². The van der Waals surface area contributed by atoms with Crippen molar-refractivity contribution in [3.63, 3.8) is 0 Å². The third kappa shape index (κ3) is 3.78. The van der Waals surface area contributed by atoms with Crippen molar-refractivity contribution in [3.05, 3.63) is 23.5 Å². The van der Waals surface area contributed by atoms with E-state index in [9.17, 15) is 4.79 Å². The number of carbonyl (C=O) groups excluding carboxylic acids is 1. The molecule has 0 radical (unpaired) electrons. The fraction of sp³-hybridized carbons (Fsp3) is 0.583. The summed E-state index contributed by atoms with van der Waals surface area (Å²) in [7, 11) is 1.61. The first-order valence-corrected chi connectivity index (χ1v) is 5.74. The number of nitrogens with zero attached hydrogens (tertiary/aromatic N) is 1. The Bertz CT molecular complexity index is 354. The smallest absolute Gasteiger partial charge is 0.243 e. The second-order valence-electron chi connectivity index (χ2n) is 4.09. The first kappa shape index (κ1) is 13.6. The quantitative estimate of drug-likeness (QED) is 0.722. The van der Waals surface area contributed by atoms with E-state index in [1.54, 1.807) is 7.11 Å². The summed E-state index contributed by atoms with van der Waals surface area (Å²) in [5, 5.41) is 2.79. The van der Waals surface area contributed by atoms with Crippen molar-refractivity contribution in [2.45, 2.75) is 26.8 Å². The Kier molecular flexibility index (Phi) is 5.03. The third-order valence-electron chi connectivity index (χ3n) is 2.59. The number of carbonyl (C=O) groups is 1. The molecule has 1 aromatic heterocycles. The molecule has 0 aliphatic carbocycles. The number of hydrogen-bond donors (Lipinski definition) is 2. The van der Waals surface area contributed by atoms with Gasteiger partial charge >= 0.3 is 0 Å². The summed E-state index contributed by atoms with van der Waals surface area (Å²) >= 11 is 0. The van der Waals surface area contributed by atoms with E-state index < -0.39 is 0 Å². The zero-order valence-corrected chi connectivity index (χ0v) is 10.9. The van der Waals surface area contributed by atoms with E-state index in [0.717, 1.165) is 11.4 Å². The van der Waals surface area contributed by atoms with Crippen LogP contribution in [0.3, 0.4) is 0 Å². The average molecular weight is 239 g/mol. The van der Waals surface area contributed by atoms with Gasteiger partial charge in [-0.05, 0) is 32.9 Å². The highest BCUT2D eigenvalue weighted by Gasteiger charge is 2.13. The van der Waals surface area contributed by atoms with Crippen LogP contribution in [0.4, 0.5) is 0 Å². The summed E-state index contributed by atoms with van der Waals surface area (Å²) in [6.07, 6.45) is 0. The average Bonchev–Trinajstić information content (AvgIpc) is 2.61. The summed E-state index contributed by atoms with van der Waals surface area (Å²) in [6.45, 7) is 6.89. The van der Waals surface area contributed by atoms with Crippen LogP contribution in [0.25, 0.3) is 0 Å². The molecule has 0 bridgehead atoms. The van der Waals surface area contributed by atoms with E-state index in [1.807, 2.05) is 37.6 Å². The van der Waals surface area contributed by atoms with E-state index >= 15 is 0 Å². The van der Waals surface area contributed by atoms with Gasteiger partial charge in [0.15, 0.2) is 0 Å². The van der Waals surface area contributed by atoms with Gasteiger partial charge in [0.2, 0.25) is 5.91 Å². The molecular formula is C12H21N3O2. The predicted molar refractivity (Wildman–Crippen MR) is 67.6 cm³/mol. The Balaban J connectivity index is 2.48. The van der Waals surface area contributed by atoms with E-state index in [-0.39, 0.29) is 11.9 Å². The van der Waals surface area contributed by atoms with Crippen molar-refractivity contribution in [3.8, 4) is 0 Å². The van der Waals surface area contributed by atoms with Crippen LogP contribution < -0.4 is 10.7 Å². The lowest BCUT2D eigenvalue weighted by atomic mass is 10.3. The lowest BCUT2D eigenvalue weighted by Crippen LogP contribution is -2.42. The van der Waals surface area contributed by atoms with Crippen LogP contribution >= 0.6 is 0 Å². The number of aromatic nitrogens is 1. The summed E-state index contributed by atoms with van der Waals surface area (Å²) in [4.78, 5) is 11.7. The van der Waals surface area contributed by atoms with Gasteiger partial charge in [0.1, 0.15) is 6.04 Å². The molecule has 1 amide bonds. The molecule has 5 nitrogen and oxygen atoms in total. The Morgan fingerprint density at radius 2 is 2.00 bits per heavy atom. The molecule has 0 saturated carbocycles. The number of amides is 1. The SMILES string of the molecule is COCCNC(=O)C(C)Nn1c(C)ccc1C. The van der Waals surface area contributed by atoms with Crippen molar-refractivity contribution in [1.82, 2.24) is 9.99 Å². The van der Waals surface area contributed by atoms with Gasteiger partial charge in [0.05, 0.1) is 6.61 Å². The summed E-state index contributed by atoms with van der Waals surface area (Å²) in [6, 6.07) is 3.74. The van der Waals surface area contributed by atoms with Crippen molar-refractivity contribution in [1.29, 1.82) is 0 Å². The van der Waals surface area contributed by atoms with Gasteiger partial charge in [-0.2, -0.15) is 0 Å². The van der Waals surface area contributed by atoms with Crippen LogP contribution in [0.1, 0.15) is 18.3 Å². The standard InChI is InChI=1S/C12H21N3O2/c1-9-5-6-10(2)15(9)14-11(3)12(16)13-7-8-17-4/h5-6,11,14H,7-8H2,1-4H3,(H,13,16). The summed E-state index contributed by atoms with van der Waals surface area (Å²) in [5.74, 6) is -0.0328. The first-order valence-electron chi connectivity index (χ1n) is 5.74. The van der Waals surface area contributed by atoms with Gasteiger partial charge in [-0.3, -0.25) is 9.47 Å². The Labute approximate surface area is 102 Å². The minimum Gasteiger partial charge on any atom is -0.383 e. The zero-order valence-electron chi connectivity index (χ0n) is 10.9. The second kappa shape index (κ2) is 6.30. The lowest BCUT2D eigenvalue weighted by molar-refractivity contribution is -0.121. The topological polar surface area (TPSA) is 55.3 Å². The van der Waals surface area contributed by atoms with Crippen LogP contribution in [0.5, 0.6) is 0 Å². The second-order valence-corrected chi connectivity index (χ2v) is 4.09. The van der Waals surface area contributed by atoms with Crippen molar-refractivity contribution < 1.29 is 9.53 Å². The maximum absolute atomic E-state index is 11.7. The molecule has 1 heterocycles. The molecule has 0 saturated heterocycles. The molecule has 1 rings (SSSR count). The minimum atomic E-state index is -0.281. The van der Waals surface area contributed by atoms with Gasteiger partial charge in [0.25, 0.3) is 0 Å². The highest BCUT2D eigenvalue weighted by Crippen LogP contribution is 2.04. The van der Waals surface area contributed by atoms with E-state index in [1.165, 1.54) is 0 Å². The van der Waals surface area contributed by atoms with Gasteiger partial charge in [0, 0.05) is 25.0 Å². The Morgan fingerprint density at radius 1 is 1.41 bits per heavy atom. The van der Waals surface area contributed by atoms with Crippen molar-refractivity contribution in [2.75, 3.05) is 25.7 Å². The van der Waals surface area contributed by atoms with Gasteiger partial charge < -0.3 is 15.5 Å². The monoisotopic (exact) mass is 239 g/mol. The van der Waals surface area contributed by atoms with E-state index in [2.05, 4.69) is 10.7 Å². The molecule has 0 aliphatic heterocycles. The van der Waals surface area contributed by atoms with Crippen molar-refractivity contribution in [2.24, 2.45) is 0 Å². The molecule has 0 spiro atoms. The van der Waals surface area contributed by atoms with Gasteiger partial charge in [-0.25, -0.2) is 0 Å². The fourth-order valence-electron chi connectivity index (χ4n) is 1.55. The molecule has 1 atom stereocenters. The molecule has 1 aromatic rings. The maximum atomic E-state index is 11.7. The highest BCUT2D eigenvalue weighted by atomic mass is 16.5. The predicted octanol–water partition coefficient (Wildman–Crippen LogP) is 0.800. The van der Waals surface area contributed by atoms with Gasteiger partial charge in [-0.15, -0.1) is 0 Å². The molecule has 17 heavy (non-hydrogen) atoms. The van der Waals surface area contributed by atoms with E-state index in [0.29, 0.717) is 13.2 Å². The molecular weight excluding hydrogens is 218 g/mol. The number of hydrogen-bond acceptors (Lipinski definition) is 3. The lowest BCUT2D eigenvalue weighted by Gasteiger charge is -2.18. The normalized spacial score (nSPS) is 12.2. The Morgan fingerprint density at radius 3 is 2.53 bits per heavy atom. The largest absolute Gasteiger partial charge is 0.383 e. The summed E-state index contributed by atoms with van der Waals surface area (Å²) in [5.41, 5.74) is 5.31. The maximum Gasteiger partial charge on any atom is 0.243 e. The number of methoxy groups -OCH3 is 1. The van der Waals surface area contributed by atoms with Gasteiger partial charge in [-0.1, -0.05) is 0 Å². The minimum absolute atomic E-state index is 0.0328. The molecule has 96 valence electrons. The fourth-order valence-corrected chi connectivity index (χ4v) is 1.55. The molecule has 1 unspecified atom stereocenters. The van der Waals surface area contributed by atoms with Crippen LogP contribution in [-0.2, 0) is 9.53 Å². The van der Waals surface area contributed by atoms with Crippen LogP contribution in [0.15, 0.2) is 12.1 Å². The number of ether oxygens (including phenoxy) is 1. The first-order chi connectivity index (χ1) is 8.06. The molecule has 2 N–H and O–H groups in total. The molecule has 5 heteroatoms. The summed E-state index contributed by atoms with van der Waals surface area (Å²) < 4.78 is 6.79. The highest BCUT2D eigenvalue weighted by molar-refractivity contribution is 5.82.